The van der Waals surface area contributed by atoms with Gasteiger partial charge in [-0.1, -0.05) is 11.8 Å². The maximum absolute atomic E-state index is 5.52. The zero-order valence-corrected chi connectivity index (χ0v) is 10.6. The molecule has 2 fully saturated rings. The van der Waals surface area contributed by atoms with E-state index < -0.39 is 0 Å². The Morgan fingerprint density at radius 2 is 2.27 bits per heavy atom. The van der Waals surface area contributed by atoms with Crippen LogP contribution in [0, 0.1) is 0 Å². The monoisotopic (exact) mass is 228 g/mol. The van der Waals surface area contributed by atoms with E-state index in [4.69, 9.17) is 9.73 Å². The molecule has 0 atom stereocenters. The number of hydrogen-bond acceptors (Lipinski definition) is 3. The third kappa shape index (κ3) is 2.88. The summed E-state index contributed by atoms with van der Waals surface area (Å²) in [6.07, 6.45) is 2.66. The minimum absolute atomic E-state index is 0.215. The zero-order valence-electron chi connectivity index (χ0n) is 9.75. The lowest BCUT2D eigenvalue weighted by Crippen LogP contribution is -2.39. The smallest absolute Gasteiger partial charge is 0.157 e. The molecule has 1 heterocycles. The molecule has 15 heavy (non-hydrogen) atoms. The molecule has 0 unspecified atom stereocenters. The van der Waals surface area contributed by atoms with Crippen molar-refractivity contribution < 1.29 is 4.74 Å². The predicted molar refractivity (Wildman–Crippen MR) is 65.5 cm³/mol. The summed E-state index contributed by atoms with van der Waals surface area (Å²) >= 11 is 1.84. The standard InChI is InChI=1S/C11H20N2OS/c1-4-14-9-5-8(6-9)12-10-13-11(2,3)7-15-10/h8-9H,4-7H2,1-3H3,(H,12,13). The Kier molecular flexibility index (Phi) is 3.26. The van der Waals surface area contributed by atoms with Crippen molar-refractivity contribution in [3.63, 3.8) is 0 Å². The van der Waals surface area contributed by atoms with Crippen LogP contribution in [-0.2, 0) is 4.74 Å². The largest absolute Gasteiger partial charge is 0.378 e. The van der Waals surface area contributed by atoms with Gasteiger partial charge in [0.25, 0.3) is 0 Å². The molecule has 2 aliphatic rings. The zero-order chi connectivity index (χ0) is 10.9. The van der Waals surface area contributed by atoms with E-state index in [9.17, 15) is 0 Å². The minimum Gasteiger partial charge on any atom is -0.378 e. The summed E-state index contributed by atoms with van der Waals surface area (Å²) in [5, 5.41) is 4.57. The second-order valence-corrected chi connectivity index (χ2v) is 5.90. The Balaban J connectivity index is 1.77. The molecule has 1 saturated heterocycles. The number of aliphatic imine (C=N–C) groups is 1. The van der Waals surface area contributed by atoms with Crippen LogP contribution in [0.1, 0.15) is 33.6 Å². The molecule has 0 aromatic carbocycles. The van der Waals surface area contributed by atoms with Gasteiger partial charge in [-0.15, -0.1) is 0 Å². The summed E-state index contributed by atoms with van der Waals surface area (Å²) in [6.45, 7) is 7.31. The molecular weight excluding hydrogens is 208 g/mol. The molecule has 1 aliphatic carbocycles. The van der Waals surface area contributed by atoms with Crippen LogP contribution in [-0.4, -0.2) is 35.2 Å². The van der Waals surface area contributed by atoms with Gasteiger partial charge in [-0.05, 0) is 33.6 Å². The molecule has 1 aliphatic heterocycles. The normalized spacial score (nSPS) is 36.3. The number of amidine groups is 1. The van der Waals surface area contributed by atoms with Crippen molar-refractivity contribution in [1.82, 2.24) is 5.32 Å². The van der Waals surface area contributed by atoms with Gasteiger partial charge in [0, 0.05) is 17.9 Å². The first-order valence-corrected chi connectivity index (χ1v) is 6.68. The molecule has 0 amide bonds. The van der Waals surface area contributed by atoms with Crippen LogP contribution in [0.15, 0.2) is 4.99 Å². The number of ether oxygens (including phenoxy) is 1. The first-order valence-electron chi connectivity index (χ1n) is 5.69. The van der Waals surface area contributed by atoms with E-state index in [1.165, 1.54) is 0 Å². The summed E-state index contributed by atoms with van der Waals surface area (Å²) < 4.78 is 5.52. The summed E-state index contributed by atoms with van der Waals surface area (Å²) in [7, 11) is 0. The van der Waals surface area contributed by atoms with Crippen molar-refractivity contribution in [1.29, 1.82) is 0 Å². The summed E-state index contributed by atoms with van der Waals surface area (Å²) in [6, 6.07) is 0.491. The average molecular weight is 228 g/mol. The van der Waals surface area contributed by atoms with E-state index in [0.29, 0.717) is 12.1 Å². The lowest BCUT2D eigenvalue weighted by atomic mass is 9.90. The van der Waals surface area contributed by atoms with Crippen molar-refractivity contribution in [3.05, 3.63) is 0 Å². The van der Waals surface area contributed by atoms with E-state index in [2.05, 4.69) is 26.1 Å². The highest BCUT2D eigenvalue weighted by molar-refractivity contribution is 8.14. The third-order valence-corrected chi connectivity index (χ3v) is 4.13. The van der Waals surface area contributed by atoms with Crippen molar-refractivity contribution in [2.45, 2.75) is 51.3 Å². The first-order chi connectivity index (χ1) is 7.09. The summed E-state index contributed by atoms with van der Waals surface area (Å²) in [4.78, 5) is 4.70. The van der Waals surface area contributed by atoms with Gasteiger partial charge in [0.1, 0.15) is 0 Å². The fourth-order valence-electron chi connectivity index (χ4n) is 1.86. The Bertz CT molecular complexity index is 259. The third-order valence-electron chi connectivity index (χ3n) is 2.79. The van der Waals surface area contributed by atoms with Crippen molar-refractivity contribution in [2.24, 2.45) is 4.99 Å². The topological polar surface area (TPSA) is 33.6 Å². The van der Waals surface area contributed by atoms with E-state index in [-0.39, 0.29) is 5.54 Å². The molecule has 0 aromatic rings. The van der Waals surface area contributed by atoms with Crippen LogP contribution in [0.2, 0.25) is 0 Å². The van der Waals surface area contributed by atoms with Crippen LogP contribution < -0.4 is 5.32 Å². The minimum atomic E-state index is 0.215. The van der Waals surface area contributed by atoms with Crippen molar-refractivity contribution in [2.75, 3.05) is 12.4 Å². The van der Waals surface area contributed by atoms with Gasteiger partial charge >= 0.3 is 0 Å². The predicted octanol–water partition coefficient (Wildman–Crippen LogP) is 2.02. The Morgan fingerprint density at radius 1 is 1.53 bits per heavy atom. The SMILES string of the molecule is CCOC1CC(N=C2NC(C)(C)CS2)C1. The first kappa shape index (κ1) is 11.3. The summed E-state index contributed by atoms with van der Waals surface area (Å²) in [5.74, 6) is 1.12. The molecule has 1 saturated carbocycles. The van der Waals surface area contributed by atoms with Gasteiger partial charge in [-0.25, -0.2) is 0 Å². The quantitative estimate of drug-likeness (QED) is 0.802. The van der Waals surface area contributed by atoms with E-state index in [1.807, 2.05) is 11.8 Å². The van der Waals surface area contributed by atoms with Crippen LogP contribution in [0.4, 0.5) is 0 Å². The molecule has 3 nitrogen and oxygen atoms in total. The fourth-order valence-corrected chi connectivity index (χ4v) is 3.00. The Morgan fingerprint density at radius 3 is 2.80 bits per heavy atom. The van der Waals surface area contributed by atoms with Crippen molar-refractivity contribution >= 4 is 16.9 Å². The van der Waals surface area contributed by atoms with Gasteiger partial charge in [0.2, 0.25) is 0 Å². The number of nitrogens with zero attached hydrogens (tertiary/aromatic N) is 1. The van der Waals surface area contributed by atoms with Gasteiger partial charge in [-0.3, -0.25) is 4.99 Å². The van der Waals surface area contributed by atoms with Gasteiger partial charge in [0.15, 0.2) is 5.17 Å². The number of rotatable bonds is 3. The summed E-state index contributed by atoms with van der Waals surface area (Å²) in [5.41, 5.74) is 0.215. The lowest BCUT2D eigenvalue weighted by Gasteiger charge is -2.32. The molecule has 0 bridgehead atoms. The van der Waals surface area contributed by atoms with Crippen LogP contribution in [0.25, 0.3) is 0 Å². The molecular formula is C11H20N2OS. The van der Waals surface area contributed by atoms with Crippen LogP contribution >= 0.6 is 11.8 Å². The van der Waals surface area contributed by atoms with E-state index in [0.717, 1.165) is 30.4 Å². The molecule has 0 aromatic heterocycles. The number of hydrogen-bond donors (Lipinski definition) is 1. The molecule has 0 spiro atoms. The van der Waals surface area contributed by atoms with Gasteiger partial charge in [0.05, 0.1) is 12.1 Å². The van der Waals surface area contributed by atoms with Crippen LogP contribution in [0.5, 0.6) is 0 Å². The second kappa shape index (κ2) is 4.34. The maximum Gasteiger partial charge on any atom is 0.157 e. The van der Waals surface area contributed by atoms with E-state index in [1.54, 1.807) is 0 Å². The van der Waals surface area contributed by atoms with E-state index >= 15 is 0 Å². The molecule has 4 heteroatoms. The van der Waals surface area contributed by atoms with Gasteiger partial charge in [-0.2, -0.15) is 0 Å². The fraction of sp³-hybridized carbons (Fsp3) is 0.909. The average Bonchev–Trinajstić information content (AvgIpc) is 2.42. The highest BCUT2D eigenvalue weighted by Gasteiger charge is 2.32. The molecule has 86 valence electrons. The van der Waals surface area contributed by atoms with Crippen LogP contribution in [0.3, 0.4) is 0 Å². The molecule has 1 N–H and O–H groups in total. The molecule has 0 radical (unpaired) electrons. The maximum atomic E-state index is 5.52. The van der Waals surface area contributed by atoms with Gasteiger partial charge < -0.3 is 10.1 Å². The number of thioether (sulfide) groups is 1. The highest BCUT2D eigenvalue weighted by atomic mass is 32.2. The Labute approximate surface area is 96.1 Å². The lowest BCUT2D eigenvalue weighted by molar-refractivity contribution is -0.000684. The van der Waals surface area contributed by atoms with Crippen molar-refractivity contribution in [3.8, 4) is 0 Å². The Hall–Kier alpha value is -0.220. The second-order valence-electron chi connectivity index (χ2n) is 4.93. The number of nitrogens with one attached hydrogen (secondary N) is 1. The molecule has 2 rings (SSSR count). The highest BCUT2D eigenvalue weighted by Crippen LogP contribution is 2.29.